The first-order valence-electron chi connectivity index (χ1n) is 8.49. The van der Waals surface area contributed by atoms with Gasteiger partial charge in [0.15, 0.2) is 27.5 Å². The van der Waals surface area contributed by atoms with E-state index in [9.17, 15) is 4.79 Å². The minimum atomic E-state index is -0.382. The van der Waals surface area contributed by atoms with E-state index in [2.05, 4.69) is 15.2 Å². The van der Waals surface area contributed by atoms with Crippen LogP contribution in [0.1, 0.15) is 17.9 Å². The molecule has 8 nitrogen and oxygen atoms in total. The fourth-order valence-electron chi connectivity index (χ4n) is 2.58. The van der Waals surface area contributed by atoms with Crippen LogP contribution in [-0.2, 0) is 17.1 Å². The van der Waals surface area contributed by atoms with Crippen molar-refractivity contribution in [3.63, 3.8) is 0 Å². The van der Waals surface area contributed by atoms with Crippen molar-refractivity contribution in [2.24, 2.45) is 5.73 Å². The van der Waals surface area contributed by atoms with Gasteiger partial charge in [-0.2, -0.15) is 0 Å². The first-order valence-corrected chi connectivity index (χ1v) is 10.4. The van der Waals surface area contributed by atoms with E-state index in [1.165, 1.54) is 23.1 Å². The van der Waals surface area contributed by atoms with Crippen molar-refractivity contribution in [3.8, 4) is 22.4 Å². The summed E-state index contributed by atoms with van der Waals surface area (Å²) in [5, 5.41) is 12.0. The summed E-state index contributed by atoms with van der Waals surface area (Å²) in [5.74, 6) is 3.01. The third-order valence-electron chi connectivity index (χ3n) is 3.89. The van der Waals surface area contributed by atoms with E-state index in [0.717, 1.165) is 22.2 Å². The zero-order chi connectivity index (χ0) is 19.5. The van der Waals surface area contributed by atoms with Crippen LogP contribution in [0.5, 0.6) is 0 Å². The minimum absolute atomic E-state index is 0.192. The molecule has 0 fully saturated rings. The van der Waals surface area contributed by atoms with Gasteiger partial charge in [0.25, 0.3) is 0 Å². The Morgan fingerprint density at radius 1 is 1.29 bits per heavy atom. The zero-order valence-corrected chi connectivity index (χ0v) is 16.6. The Bertz CT molecular complexity index is 1080. The molecule has 0 unspecified atom stereocenters. The number of thioether (sulfide) groups is 1. The van der Waals surface area contributed by atoms with Gasteiger partial charge in [-0.25, -0.2) is 4.98 Å². The summed E-state index contributed by atoms with van der Waals surface area (Å²) in [5.41, 5.74) is 6.23. The normalized spacial score (nSPS) is 11.2. The van der Waals surface area contributed by atoms with Crippen molar-refractivity contribution in [1.82, 2.24) is 19.7 Å². The highest BCUT2D eigenvalue weighted by Crippen LogP contribution is 2.30. The van der Waals surface area contributed by atoms with E-state index in [0.29, 0.717) is 29.0 Å². The molecule has 0 aliphatic carbocycles. The minimum Gasteiger partial charge on any atom is -0.461 e. The molecule has 4 heterocycles. The Morgan fingerprint density at radius 3 is 2.89 bits per heavy atom. The highest BCUT2D eigenvalue weighted by Gasteiger charge is 2.17. The fraction of sp³-hybridized carbons (Fsp3) is 0.222. The number of furan rings is 2. The van der Waals surface area contributed by atoms with E-state index in [1.807, 2.05) is 29.0 Å². The molecular formula is C18H17N5O3S2. The Morgan fingerprint density at radius 2 is 2.18 bits per heavy atom. The van der Waals surface area contributed by atoms with Crippen LogP contribution in [0, 0.1) is 6.92 Å². The molecule has 0 atom stereocenters. The first kappa shape index (κ1) is 18.5. The number of aromatic nitrogens is 4. The molecule has 0 aromatic carbocycles. The lowest BCUT2D eigenvalue weighted by atomic mass is 10.3. The van der Waals surface area contributed by atoms with Crippen LogP contribution in [0.2, 0.25) is 0 Å². The molecule has 4 aromatic rings. The van der Waals surface area contributed by atoms with Crippen LogP contribution >= 0.6 is 23.1 Å². The van der Waals surface area contributed by atoms with Gasteiger partial charge in [0.05, 0.1) is 12.0 Å². The maximum absolute atomic E-state index is 11.2. The number of nitrogens with zero attached hydrogens (tertiary/aromatic N) is 4. The van der Waals surface area contributed by atoms with E-state index in [-0.39, 0.29) is 12.3 Å². The molecule has 144 valence electrons. The molecule has 0 saturated heterocycles. The number of rotatable bonds is 8. The average Bonchev–Trinajstić information content (AvgIpc) is 3.43. The van der Waals surface area contributed by atoms with Crippen LogP contribution < -0.4 is 5.73 Å². The van der Waals surface area contributed by atoms with Gasteiger partial charge >= 0.3 is 0 Å². The molecule has 10 heteroatoms. The van der Waals surface area contributed by atoms with Crippen LogP contribution in [0.4, 0.5) is 0 Å². The van der Waals surface area contributed by atoms with E-state index in [4.69, 9.17) is 14.6 Å². The van der Waals surface area contributed by atoms with E-state index < -0.39 is 0 Å². The second-order valence-corrected chi connectivity index (χ2v) is 7.80. The second kappa shape index (κ2) is 8.03. The van der Waals surface area contributed by atoms with Crippen LogP contribution in [0.3, 0.4) is 0 Å². The van der Waals surface area contributed by atoms with Crippen molar-refractivity contribution >= 4 is 29.0 Å². The van der Waals surface area contributed by atoms with E-state index >= 15 is 0 Å². The molecule has 4 aromatic heterocycles. The van der Waals surface area contributed by atoms with Crippen molar-refractivity contribution in [1.29, 1.82) is 0 Å². The number of hydrogen-bond donors (Lipinski definition) is 1. The fourth-order valence-corrected chi connectivity index (χ4v) is 4.32. The highest BCUT2D eigenvalue weighted by molar-refractivity contribution is 7.98. The third-order valence-corrected chi connectivity index (χ3v) is 5.80. The van der Waals surface area contributed by atoms with Gasteiger partial charge < -0.3 is 14.6 Å². The molecule has 0 spiro atoms. The summed E-state index contributed by atoms with van der Waals surface area (Å²) >= 11 is 3.03. The largest absolute Gasteiger partial charge is 0.461 e. The average molecular weight is 416 g/mol. The summed E-state index contributed by atoms with van der Waals surface area (Å²) in [6.07, 6.45) is 1.76. The van der Waals surface area contributed by atoms with E-state index in [1.54, 1.807) is 18.4 Å². The quantitative estimate of drug-likeness (QED) is 0.436. The van der Waals surface area contributed by atoms with Gasteiger partial charge in [-0.3, -0.25) is 9.36 Å². The predicted octanol–water partition coefficient (Wildman–Crippen LogP) is 3.73. The Balaban J connectivity index is 1.51. The summed E-state index contributed by atoms with van der Waals surface area (Å²) < 4.78 is 12.9. The highest BCUT2D eigenvalue weighted by atomic mass is 32.2. The number of carbonyl (C=O) groups excluding carboxylic acids is 1. The topological polar surface area (TPSA) is 113 Å². The second-order valence-electron chi connectivity index (χ2n) is 5.99. The molecule has 4 rings (SSSR count). The molecule has 0 aliphatic rings. The molecule has 0 saturated carbocycles. The van der Waals surface area contributed by atoms with Gasteiger partial charge in [-0.1, -0.05) is 11.8 Å². The van der Waals surface area contributed by atoms with Gasteiger partial charge in [0, 0.05) is 24.1 Å². The molecule has 28 heavy (non-hydrogen) atoms. The maximum Gasteiger partial charge on any atom is 0.219 e. The van der Waals surface area contributed by atoms with Gasteiger partial charge in [0.1, 0.15) is 5.76 Å². The molecule has 0 aliphatic heterocycles. The first-order chi connectivity index (χ1) is 13.6. The molecular weight excluding hydrogens is 398 g/mol. The third kappa shape index (κ3) is 4.02. The molecule has 0 bridgehead atoms. The molecule has 0 radical (unpaired) electrons. The SMILES string of the molecule is Cc1ccc(-c2nc(CSc3nnc(-c4ccco4)n3CCC(N)=O)cs2)o1. The number of aryl methyl sites for hydroxylation is 1. The Hall–Kier alpha value is -2.85. The Kier molecular flexibility index (Phi) is 5.31. The smallest absolute Gasteiger partial charge is 0.219 e. The lowest BCUT2D eigenvalue weighted by Gasteiger charge is -2.07. The monoisotopic (exact) mass is 415 g/mol. The van der Waals surface area contributed by atoms with Crippen molar-refractivity contribution in [2.75, 3.05) is 0 Å². The Labute approximate surface area is 168 Å². The standard InChI is InChI=1S/C18H17N5O3S2/c1-11-4-5-14(26-11)17-20-12(9-27-17)10-28-18-22-21-16(13-3-2-8-25-13)23(18)7-6-15(19)24/h2-5,8-9H,6-7,10H2,1H3,(H2,19,24). The number of hydrogen-bond acceptors (Lipinski definition) is 8. The predicted molar refractivity (Wildman–Crippen MR) is 106 cm³/mol. The number of amides is 1. The summed E-state index contributed by atoms with van der Waals surface area (Å²) in [6, 6.07) is 7.42. The van der Waals surface area contributed by atoms with Gasteiger partial charge in [-0.05, 0) is 31.2 Å². The summed E-state index contributed by atoms with van der Waals surface area (Å²) in [4.78, 5) is 15.9. The van der Waals surface area contributed by atoms with Crippen molar-refractivity contribution in [3.05, 3.63) is 47.4 Å². The van der Waals surface area contributed by atoms with Gasteiger partial charge in [-0.15, -0.1) is 21.5 Å². The maximum atomic E-state index is 11.2. The lowest BCUT2D eigenvalue weighted by Crippen LogP contribution is -2.15. The van der Waals surface area contributed by atoms with Crippen LogP contribution in [-0.4, -0.2) is 25.7 Å². The molecule has 2 N–H and O–H groups in total. The number of thiazole rings is 1. The van der Waals surface area contributed by atoms with Crippen molar-refractivity contribution < 1.29 is 13.6 Å². The van der Waals surface area contributed by atoms with Crippen molar-refractivity contribution in [2.45, 2.75) is 30.8 Å². The van der Waals surface area contributed by atoms with Crippen LogP contribution in [0.15, 0.2) is 49.9 Å². The summed E-state index contributed by atoms with van der Waals surface area (Å²) in [7, 11) is 0. The molecule has 1 amide bonds. The number of primary amides is 1. The zero-order valence-electron chi connectivity index (χ0n) is 15.0. The van der Waals surface area contributed by atoms with Crippen LogP contribution in [0.25, 0.3) is 22.4 Å². The lowest BCUT2D eigenvalue weighted by molar-refractivity contribution is -0.118. The number of carbonyl (C=O) groups is 1. The van der Waals surface area contributed by atoms with Gasteiger partial charge in [0.2, 0.25) is 5.91 Å². The summed E-state index contributed by atoms with van der Waals surface area (Å²) in [6.45, 7) is 2.29. The number of nitrogens with two attached hydrogens (primary N) is 1.